The van der Waals surface area contributed by atoms with Crippen LogP contribution in [0.1, 0.15) is 12.8 Å². The number of alkyl halides is 6. The number of halogens is 6. The van der Waals surface area contributed by atoms with Gasteiger partial charge in [-0.15, -0.1) is 0 Å². The van der Waals surface area contributed by atoms with E-state index >= 15 is 0 Å². The molecule has 0 spiro atoms. The van der Waals surface area contributed by atoms with Crippen molar-refractivity contribution in [3.63, 3.8) is 0 Å². The average Bonchev–Trinajstić information content (AvgIpc) is 2.75. The van der Waals surface area contributed by atoms with Crippen LogP contribution >= 0.6 is 0 Å². The maximum absolute atomic E-state index is 11.8. The normalized spacial score (nSPS) is 17.2. The highest BCUT2D eigenvalue weighted by Gasteiger charge is 2.47. The average molecular weight is 380 g/mol. The van der Waals surface area contributed by atoms with Crippen molar-refractivity contribution in [1.29, 1.82) is 0 Å². The van der Waals surface area contributed by atoms with Gasteiger partial charge in [-0.05, 0) is 18.8 Å². The molecule has 6 nitrogen and oxygen atoms in total. The number of allylic oxidation sites excluding steroid dienone is 2. The number of hydrogen-bond acceptors (Lipinski definition) is 5. The summed E-state index contributed by atoms with van der Waals surface area (Å²) in [6.07, 6.45) is 4.70. The van der Waals surface area contributed by atoms with Crippen molar-refractivity contribution < 1.29 is 51.9 Å². The molecular weight excluding hydrogens is 370 g/mol. The van der Waals surface area contributed by atoms with Gasteiger partial charge in [0.2, 0.25) is 0 Å². The van der Waals surface area contributed by atoms with Crippen LogP contribution in [-0.4, -0.2) is 39.0 Å². The summed E-state index contributed by atoms with van der Waals surface area (Å²) in [5.41, 5.74) is -10.9. The Labute approximate surface area is 121 Å². The Hall–Kier alpha value is -0.860. The Kier molecular flexibility index (Phi) is 6.86. The monoisotopic (exact) mass is 380 g/mol. The van der Waals surface area contributed by atoms with Crippen molar-refractivity contribution >= 4 is 20.2 Å². The topological polar surface area (TPSA) is 97.7 Å². The van der Waals surface area contributed by atoms with Gasteiger partial charge < -0.3 is 0 Å². The van der Waals surface area contributed by atoms with Crippen LogP contribution < -0.4 is 0 Å². The van der Waals surface area contributed by atoms with Crippen LogP contribution in [0.2, 0.25) is 0 Å². The van der Waals surface area contributed by atoms with Gasteiger partial charge in [0.15, 0.2) is 0 Å². The molecule has 1 aliphatic rings. The van der Waals surface area contributed by atoms with Crippen molar-refractivity contribution in [3.05, 3.63) is 12.2 Å². The van der Waals surface area contributed by atoms with Crippen LogP contribution in [-0.2, 0) is 24.4 Å². The van der Waals surface area contributed by atoms with E-state index in [1.165, 1.54) is 0 Å². The van der Waals surface area contributed by atoms with Gasteiger partial charge in [-0.2, -0.15) is 43.2 Å². The fourth-order valence-corrected chi connectivity index (χ4v) is 1.57. The van der Waals surface area contributed by atoms with E-state index < -0.39 is 37.9 Å². The molecule has 132 valence electrons. The van der Waals surface area contributed by atoms with Crippen molar-refractivity contribution in [1.82, 2.24) is 0 Å². The maximum atomic E-state index is 11.8. The number of rotatable bonds is 3. The minimum atomic E-state index is -5.84. The molecule has 0 aromatic carbocycles. The molecule has 14 heteroatoms. The molecule has 0 saturated heterocycles. The van der Waals surface area contributed by atoms with E-state index in [4.69, 9.17) is 13.0 Å². The van der Waals surface area contributed by atoms with Gasteiger partial charge in [-0.3, -0.25) is 8.74 Å². The molecule has 0 fully saturated rings. The standard InChI is InChI=1S/C7H9F3O3S.CHF3O3S/c8-7(9,10)14(11,12)13-5-6-3-1-2-4-6;2-1(3,4)8(5,6)7/h1-2,6H,3-5H2;(H,5,6,7). The van der Waals surface area contributed by atoms with Gasteiger partial charge in [0, 0.05) is 0 Å². The predicted octanol–water partition coefficient (Wildman–Crippen LogP) is 2.21. The molecule has 0 aromatic rings. The summed E-state index contributed by atoms with van der Waals surface area (Å²) in [6, 6.07) is 0. The molecule has 1 aliphatic carbocycles. The predicted molar refractivity (Wildman–Crippen MR) is 60.4 cm³/mol. The Morgan fingerprint density at radius 2 is 1.32 bits per heavy atom. The van der Waals surface area contributed by atoms with Crippen LogP contribution in [0.3, 0.4) is 0 Å². The van der Waals surface area contributed by atoms with E-state index in [-0.39, 0.29) is 5.92 Å². The smallest absolute Gasteiger partial charge is 0.279 e. The summed E-state index contributed by atoms with van der Waals surface area (Å²) < 4.78 is 118. The van der Waals surface area contributed by atoms with E-state index in [1.54, 1.807) is 12.2 Å². The second-order valence-electron chi connectivity index (χ2n) is 3.91. The first-order valence-electron chi connectivity index (χ1n) is 5.22. The summed E-state index contributed by atoms with van der Waals surface area (Å²) in [5, 5.41) is 0. The van der Waals surface area contributed by atoms with Gasteiger partial charge in [0.25, 0.3) is 0 Å². The molecule has 0 aliphatic heterocycles. The lowest BCUT2D eigenvalue weighted by Gasteiger charge is -2.11. The molecule has 0 radical (unpaired) electrons. The van der Waals surface area contributed by atoms with Gasteiger partial charge in [-0.1, -0.05) is 12.2 Å². The van der Waals surface area contributed by atoms with Crippen LogP contribution in [0.25, 0.3) is 0 Å². The fourth-order valence-electron chi connectivity index (χ4n) is 1.06. The third-order valence-electron chi connectivity index (χ3n) is 2.14. The summed E-state index contributed by atoms with van der Waals surface area (Å²) >= 11 is 0. The first-order chi connectivity index (χ1) is 9.58. The van der Waals surface area contributed by atoms with Crippen LogP contribution in [0.15, 0.2) is 12.2 Å². The second-order valence-corrected chi connectivity index (χ2v) is 6.93. The Balaban J connectivity index is 0.000000472. The van der Waals surface area contributed by atoms with Crippen molar-refractivity contribution in [2.45, 2.75) is 23.9 Å². The van der Waals surface area contributed by atoms with Crippen LogP contribution in [0.5, 0.6) is 0 Å². The molecule has 0 heterocycles. The van der Waals surface area contributed by atoms with Gasteiger partial charge >= 0.3 is 31.3 Å². The van der Waals surface area contributed by atoms with Gasteiger partial charge in [-0.25, -0.2) is 0 Å². The third kappa shape index (κ3) is 6.93. The first-order valence-corrected chi connectivity index (χ1v) is 8.07. The molecule has 0 unspecified atom stereocenters. The molecule has 0 saturated carbocycles. The molecule has 22 heavy (non-hydrogen) atoms. The molecule has 1 N–H and O–H groups in total. The van der Waals surface area contributed by atoms with E-state index in [0.29, 0.717) is 12.8 Å². The van der Waals surface area contributed by atoms with Crippen molar-refractivity contribution in [3.8, 4) is 0 Å². The zero-order valence-electron chi connectivity index (χ0n) is 10.4. The highest BCUT2D eigenvalue weighted by atomic mass is 32.2. The summed E-state index contributed by atoms with van der Waals surface area (Å²) in [4.78, 5) is 0. The lowest BCUT2D eigenvalue weighted by molar-refractivity contribution is -0.0550. The lowest BCUT2D eigenvalue weighted by Crippen LogP contribution is -2.27. The molecule has 0 amide bonds. The van der Waals surface area contributed by atoms with E-state index in [2.05, 4.69) is 4.18 Å². The fraction of sp³-hybridized carbons (Fsp3) is 0.750. The van der Waals surface area contributed by atoms with Crippen molar-refractivity contribution in [2.75, 3.05) is 6.61 Å². The molecule has 0 aromatic heterocycles. The zero-order chi connectivity index (χ0) is 17.8. The quantitative estimate of drug-likeness (QED) is 0.265. The number of hydrogen-bond donors (Lipinski definition) is 1. The second kappa shape index (κ2) is 7.14. The SMILES string of the molecule is O=S(=O)(O)C(F)(F)F.O=S(=O)(OCC1CC=CC1)C(F)(F)F. The Bertz CT molecular complexity index is 580. The molecule has 0 bridgehead atoms. The van der Waals surface area contributed by atoms with E-state index in [1.807, 2.05) is 0 Å². The van der Waals surface area contributed by atoms with Crippen molar-refractivity contribution in [2.24, 2.45) is 5.92 Å². The summed E-state index contributed by atoms with van der Waals surface area (Å²) in [6.45, 7) is -0.408. The third-order valence-corrected chi connectivity index (χ3v) is 3.74. The van der Waals surface area contributed by atoms with E-state index in [9.17, 15) is 34.8 Å². The highest BCUT2D eigenvalue weighted by molar-refractivity contribution is 7.87. The molecular formula is C8H10F6O6S2. The lowest BCUT2D eigenvalue weighted by atomic mass is 10.1. The first kappa shape index (κ1) is 21.1. The molecule has 1 rings (SSSR count). The van der Waals surface area contributed by atoms with Gasteiger partial charge in [0.05, 0.1) is 6.61 Å². The van der Waals surface area contributed by atoms with Crippen LogP contribution in [0, 0.1) is 5.92 Å². The maximum Gasteiger partial charge on any atom is 0.523 e. The van der Waals surface area contributed by atoms with Crippen LogP contribution in [0.4, 0.5) is 26.3 Å². The summed E-state index contributed by atoms with van der Waals surface area (Å²) in [7, 11) is -11.3. The van der Waals surface area contributed by atoms with E-state index in [0.717, 1.165) is 0 Å². The minimum Gasteiger partial charge on any atom is -0.279 e. The zero-order valence-corrected chi connectivity index (χ0v) is 12.1. The Morgan fingerprint density at radius 1 is 0.955 bits per heavy atom. The minimum absolute atomic E-state index is 0.160. The Morgan fingerprint density at radius 3 is 1.59 bits per heavy atom. The summed E-state index contributed by atoms with van der Waals surface area (Å²) in [5.74, 6) is -0.160. The largest absolute Gasteiger partial charge is 0.523 e. The highest BCUT2D eigenvalue weighted by Crippen LogP contribution is 2.26. The molecule has 0 atom stereocenters. The van der Waals surface area contributed by atoms with Gasteiger partial charge in [0.1, 0.15) is 0 Å².